The molecule has 3 amide bonds. The van der Waals surface area contributed by atoms with Crippen LogP contribution < -0.4 is 10.6 Å². The minimum Gasteiger partial charge on any atom is -0.396 e. The largest absolute Gasteiger partial charge is 0.396 e. The second-order valence-electron chi connectivity index (χ2n) is 10.4. The maximum atomic E-state index is 14.0. The number of aliphatic hydroxyl groups is 1. The van der Waals surface area contributed by atoms with Crippen LogP contribution in [0.4, 0.5) is 11.4 Å². The summed E-state index contributed by atoms with van der Waals surface area (Å²) >= 11 is 6.31. The lowest BCUT2D eigenvalue weighted by atomic mass is 9.66. The van der Waals surface area contributed by atoms with Crippen LogP contribution in [-0.2, 0) is 19.1 Å². The van der Waals surface area contributed by atoms with Crippen molar-refractivity contribution < 1.29 is 24.2 Å². The number of ether oxygens (including phenoxy) is 1. The number of carbonyl (C=O) groups excluding carboxylic acids is 3. The van der Waals surface area contributed by atoms with Crippen molar-refractivity contribution in [1.29, 1.82) is 0 Å². The van der Waals surface area contributed by atoms with Gasteiger partial charge >= 0.3 is 0 Å². The van der Waals surface area contributed by atoms with Crippen molar-refractivity contribution in [2.24, 2.45) is 11.8 Å². The standard InChI is InChI=1S/C28H32ClN3O5/c1-27-14-15-28(37-27)22(21(27)24(34)30-18-10-4-2-5-11-18)26(36)32(16-8-3-9-17-33)23(28)25(35)31-20-13-7-6-12-19(20)29/h2,4-7,10-13,21-23,33H,3,8-9,14-17H2,1H3,(H,30,34)(H,31,35)/t21-,22+,23?,27+,28?/m1/s1. The number of fused-ring (bicyclic) bond motifs is 1. The van der Waals surface area contributed by atoms with Crippen molar-refractivity contribution in [3.63, 3.8) is 0 Å². The Morgan fingerprint density at radius 2 is 1.76 bits per heavy atom. The van der Waals surface area contributed by atoms with E-state index < -0.39 is 29.1 Å². The molecule has 2 aromatic rings. The van der Waals surface area contributed by atoms with E-state index in [9.17, 15) is 19.5 Å². The number of aliphatic hydroxyl groups excluding tert-OH is 1. The highest BCUT2D eigenvalue weighted by Crippen LogP contribution is 2.63. The van der Waals surface area contributed by atoms with Crippen LogP contribution in [0.25, 0.3) is 0 Å². The second kappa shape index (κ2) is 10.1. The van der Waals surface area contributed by atoms with E-state index in [0.29, 0.717) is 55.0 Å². The molecule has 3 aliphatic heterocycles. The Morgan fingerprint density at radius 1 is 1.03 bits per heavy atom. The van der Waals surface area contributed by atoms with Gasteiger partial charge in [-0.1, -0.05) is 41.9 Å². The SMILES string of the molecule is C[C@@]12CCC3(O1)C(C(=O)Nc1ccccc1Cl)N(CCCCCO)C(=O)[C@@H]3[C@@H]2C(=O)Nc1ccccc1. The van der Waals surface area contributed by atoms with E-state index >= 15 is 0 Å². The van der Waals surface area contributed by atoms with Gasteiger partial charge in [0.05, 0.1) is 28.1 Å². The summed E-state index contributed by atoms with van der Waals surface area (Å²) in [6, 6.07) is 15.2. The van der Waals surface area contributed by atoms with Crippen LogP contribution >= 0.6 is 11.6 Å². The topological polar surface area (TPSA) is 108 Å². The monoisotopic (exact) mass is 525 g/mol. The van der Waals surface area contributed by atoms with Crippen LogP contribution in [0, 0.1) is 11.8 Å². The van der Waals surface area contributed by atoms with E-state index in [1.54, 1.807) is 41.3 Å². The maximum Gasteiger partial charge on any atom is 0.250 e. The van der Waals surface area contributed by atoms with E-state index in [1.165, 1.54) is 0 Å². The van der Waals surface area contributed by atoms with Crippen molar-refractivity contribution in [1.82, 2.24) is 4.90 Å². The van der Waals surface area contributed by atoms with Crippen LogP contribution in [-0.4, -0.2) is 58.1 Å². The molecule has 3 saturated heterocycles. The van der Waals surface area contributed by atoms with Gasteiger partial charge in [-0.05, 0) is 63.3 Å². The molecule has 2 unspecified atom stereocenters. The summed E-state index contributed by atoms with van der Waals surface area (Å²) in [6.07, 6.45) is 3.03. The first kappa shape index (κ1) is 25.7. The summed E-state index contributed by atoms with van der Waals surface area (Å²) in [6.45, 7) is 2.28. The molecule has 3 heterocycles. The van der Waals surface area contributed by atoms with Crippen LogP contribution in [0.15, 0.2) is 54.6 Å². The van der Waals surface area contributed by atoms with Crippen molar-refractivity contribution in [3.8, 4) is 0 Å². The predicted molar refractivity (Wildman–Crippen MR) is 140 cm³/mol. The zero-order chi connectivity index (χ0) is 26.2. The number of likely N-dealkylation sites (tertiary alicyclic amines) is 1. The number of anilines is 2. The third-order valence-electron chi connectivity index (χ3n) is 8.04. The van der Waals surface area contributed by atoms with E-state index in [-0.39, 0.29) is 24.3 Å². The molecule has 3 N–H and O–H groups in total. The number of nitrogens with one attached hydrogen (secondary N) is 2. The van der Waals surface area contributed by atoms with Gasteiger partial charge in [0.25, 0.3) is 0 Å². The number of para-hydroxylation sites is 2. The number of halogens is 1. The number of benzene rings is 2. The highest BCUT2D eigenvalue weighted by atomic mass is 35.5. The maximum absolute atomic E-state index is 14.0. The Bertz CT molecular complexity index is 1190. The Balaban J connectivity index is 1.48. The van der Waals surface area contributed by atoms with Gasteiger partial charge in [-0.15, -0.1) is 0 Å². The van der Waals surface area contributed by atoms with Gasteiger partial charge in [-0.3, -0.25) is 14.4 Å². The van der Waals surface area contributed by atoms with Gasteiger partial charge in [0.2, 0.25) is 17.7 Å². The number of hydrogen-bond acceptors (Lipinski definition) is 5. The normalized spacial score (nSPS) is 29.9. The minimum absolute atomic E-state index is 0.0696. The molecule has 3 aliphatic rings. The van der Waals surface area contributed by atoms with Crippen molar-refractivity contribution in [3.05, 3.63) is 59.6 Å². The molecule has 0 radical (unpaired) electrons. The summed E-state index contributed by atoms with van der Waals surface area (Å²) in [7, 11) is 0. The zero-order valence-corrected chi connectivity index (χ0v) is 21.5. The zero-order valence-electron chi connectivity index (χ0n) is 20.8. The molecular formula is C28H32ClN3O5. The smallest absolute Gasteiger partial charge is 0.250 e. The summed E-state index contributed by atoms with van der Waals surface area (Å²) in [5.74, 6) is -2.39. The molecule has 5 atom stereocenters. The average Bonchev–Trinajstić information content (AvgIpc) is 3.44. The molecule has 2 aromatic carbocycles. The van der Waals surface area contributed by atoms with Gasteiger partial charge in [-0.25, -0.2) is 0 Å². The van der Waals surface area contributed by atoms with Gasteiger partial charge in [-0.2, -0.15) is 0 Å². The average molecular weight is 526 g/mol. The van der Waals surface area contributed by atoms with E-state index in [2.05, 4.69) is 10.6 Å². The van der Waals surface area contributed by atoms with Crippen molar-refractivity contribution in [2.45, 2.75) is 56.3 Å². The fraction of sp³-hybridized carbons (Fsp3) is 0.464. The molecule has 0 saturated carbocycles. The second-order valence-corrected chi connectivity index (χ2v) is 10.8. The number of unbranched alkanes of at least 4 members (excludes halogenated alkanes) is 2. The third kappa shape index (κ3) is 4.41. The summed E-state index contributed by atoms with van der Waals surface area (Å²) in [5.41, 5.74) is -0.858. The van der Waals surface area contributed by atoms with Gasteiger partial charge in [0, 0.05) is 18.8 Å². The molecule has 1 spiro atoms. The first-order valence-electron chi connectivity index (χ1n) is 12.8. The summed E-state index contributed by atoms with van der Waals surface area (Å²) in [5, 5.41) is 15.4. The van der Waals surface area contributed by atoms with Crippen LogP contribution in [0.5, 0.6) is 0 Å². The van der Waals surface area contributed by atoms with Gasteiger partial charge < -0.3 is 25.4 Å². The van der Waals surface area contributed by atoms with Crippen molar-refractivity contribution in [2.75, 3.05) is 23.8 Å². The highest BCUT2D eigenvalue weighted by Gasteiger charge is 2.77. The molecule has 9 heteroatoms. The Kier molecular flexibility index (Phi) is 7.00. The Labute approximate surface area is 221 Å². The number of amides is 3. The fourth-order valence-electron chi connectivity index (χ4n) is 6.44. The first-order valence-corrected chi connectivity index (χ1v) is 13.2. The minimum atomic E-state index is -1.10. The molecule has 196 valence electrons. The highest BCUT2D eigenvalue weighted by molar-refractivity contribution is 6.33. The molecule has 0 aliphatic carbocycles. The number of rotatable bonds is 9. The van der Waals surface area contributed by atoms with Gasteiger partial charge in [0.1, 0.15) is 11.6 Å². The van der Waals surface area contributed by atoms with Crippen LogP contribution in [0.1, 0.15) is 39.0 Å². The predicted octanol–water partition coefficient (Wildman–Crippen LogP) is 3.84. The molecule has 2 bridgehead atoms. The molecule has 0 aromatic heterocycles. The quantitative estimate of drug-likeness (QED) is 0.431. The van der Waals surface area contributed by atoms with Crippen LogP contribution in [0.3, 0.4) is 0 Å². The Hall–Kier alpha value is -2.94. The Morgan fingerprint density at radius 3 is 2.49 bits per heavy atom. The van der Waals surface area contributed by atoms with E-state index in [4.69, 9.17) is 16.3 Å². The third-order valence-corrected chi connectivity index (χ3v) is 8.37. The lowest BCUT2D eigenvalue weighted by molar-refractivity contribution is -0.143. The van der Waals surface area contributed by atoms with Gasteiger partial charge in [0.15, 0.2) is 0 Å². The van der Waals surface area contributed by atoms with Crippen molar-refractivity contribution >= 4 is 40.7 Å². The lowest BCUT2D eigenvalue weighted by Gasteiger charge is -2.33. The number of carbonyl (C=O) groups is 3. The summed E-state index contributed by atoms with van der Waals surface area (Å²) < 4.78 is 6.62. The first-order chi connectivity index (χ1) is 17.8. The summed E-state index contributed by atoms with van der Waals surface area (Å²) in [4.78, 5) is 43.0. The molecule has 37 heavy (non-hydrogen) atoms. The number of hydrogen-bond donors (Lipinski definition) is 3. The van der Waals surface area contributed by atoms with E-state index in [1.807, 2.05) is 25.1 Å². The molecular weight excluding hydrogens is 494 g/mol. The van der Waals surface area contributed by atoms with Crippen LogP contribution in [0.2, 0.25) is 5.02 Å². The number of nitrogens with zero attached hydrogens (tertiary/aromatic N) is 1. The molecule has 5 rings (SSSR count). The lowest BCUT2D eigenvalue weighted by Crippen LogP contribution is -2.53. The molecule has 3 fully saturated rings. The van der Waals surface area contributed by atoms with E-state index in [0.717, 1.165) is 0 Å². The fourth-order valence-corrected chi connectivity index (χ4v) is 6.63. The molecule has 8 nitrogen and oxygen atoms in total.